The minimum absolute atomic E-state index is 0.0191. The van der Waals surface area contributed by atoms with Crippen molar-refractivity contribution in [1.82, 2.24) is 10.0 Å². The van der Waals surface area contributed by atoms with Crippen molar-refractivity contribution in [3.05, 3.63) is 23.8 Å². The van der Waals surface area contributed by atoms with E-state index < -0.39 is 10.0 Å². The van der Waals surface area contributed by atoms with E-state index in [9.17, 15) is 18.0 Å². The lowest BCUT2D eigenvalue weighted by atomic mass is 9.95. The van der Waals surface area contributed by atoms with E-state index in [1.54, 1.807) is 24.1 Å². The summed E-state index contributed by atoms with van der Waals surface area (Å²) >= 11 is 0. The first kappa shape index (κ1) is 18.8. The van der Waals surface area contributed by atoms with E-state index in [4.69, 9.17) is 0 Å². The van der Waals surface area contributed by atoms with Gasteiger partial charge in [-0.05, 0) is 43.0 Å². The summed E-state index contributed by atoms with van der Waals surface area (Å²) in [6, 6.07) is 4.84. The summed E-state index contributed by atoms with van der Waals surface area (Å²) < 4.78 is 27.3. The molecule has 2 amide bonds. The number of carbonyl (C=O) groups excluding carboxylic acids is 2. The van der Waals surface area contributed by atoms with Crippen molar-refractivity contribution < 1.29 is 18.0 Å². The first-order chi connectivity index (χ1) is 12.4. The third kappa shape index (κ3) is 4.24. The number of anilines is 1. The van der Waals surface area contributed by atoms with Crippen molar-refractivity contribution in [2.45, 2.75) is 55.9 Å². The van der Waals surface area contributed by atoms with Gasteiger partial charge in [0, 0.05) is 25.2 Å². The molecular formula is C18H25N3O4S. The predicted molar refractivity (Wildman–Crippen MR) is 98.4 cm³/mol. The molecule has 1 aromatic rings. The van der Waals surface area contributed by atoms with E-state index in [1.807, 2.05) is 0 Å². The molecule has 2 aliphatic rings. The van der Waals surface area contributed by atoms with Gasteiger partial charge in [0.1, 0.15) is 0 Å². The van der Waals surface area contributed by atoms with Crippen LogP contribution >= 0.6 is 0 Å². The van der Waals surface area contributed by atoms with Gasteiger partial charge in [0.2, 0.25) is 21.8 Å². The van der Waals surface area contributed by atoms with E-state index in [0.717, 1.165) is 36.9 Å². The number of carbonyl (C=O) groups is 2. The predicted octanol–water partition coefficient (Wildman–Crippen LogP) is 1.32. The van der Waals surface area contributed by atoms with Gasteiger partial charge in [-0.1, -0.05) is 19.3 Å². The second-order valence-corrected chi connectivity index (χ2v) is 8.74. The Morgan fingerprint density at radius 2 is 1.92 bits per heavy atom. The van der Waals surface area contributed by atoms with Crippen molar-refractivity contribution in [3.8, 4) is 0 Å². The molecule has 2 N–H and O–H groups in total. The highest BCUT2D eigenvalue weighted by Crippen LogP contribution is 2.28. The van der Waals surface area contributed by atoms with Crippen LogP contribution in [0, 0.1) is 0 Å². The lowest BCUT2D eigenvalue weighted by Crippen LogP contribution is -2.42. The Balaban J connectivity index is 1.63. The molecule has 0 saturated heterocycles. The monoisotopic (exact) mass is 379 g/mol. The highest BCUT2D eigenvalue weighted by molar-refractivity contribution is 7.89. The maximum absolute atomic E-state index is 12.5. The van der Waals surface area contributed by atoms with E-state index in [-0.39, 0.29) is 29.3 Å². The number of amides is 2. The average Bonchev–Trinajstić information content (AvgIpc) is 2.64. The Labute approximate surface area is 154 Å². The molecule has 1 aliphatic carbocycles. The molecule has 0 aromatic heterocycles. The van der Waals surface area contributed by atoms with Gasteiger partial charge in [0.15, 0.2) is 0 Å². The number of aryl methyl sites for hydroxylation is 1. The fourth-order valence-electron chi connectivity index (χ4n) is 3.57. The topological polar surface area (TPSA) is 95.6 Å². The van der Waals surface area contributed by atoms with Crippen molar-refractivity contribution in [2.75, 3.05) is 18.5 Å². The number of hydrogen-bond donors (Lipinski definition) is 2. The van der Waals surface area contributed by atoms with Crippen molar-refractivity contribution in [2.24, 2.45) is 0 Å². The Morgan fingerprint density at radius 3 is 2.65 bits per heavy atom. The molecule has 26 heavy (non-hydrogen) atoms. The van der Waals surface area contributed by atoms with Crippen LogP contribution in [0.4, 0.5) is 5.69 Å². The van der Waals surface area contributed by atoms with E-state index >= 15 is 0 Å². The van der Waals surface area contributed by atoms with Crippen LogP contribution in [0.1, 0.15) is 44.1 Å². The highest BCUT2D eigenvalue weighted by Gasteiger charge is 2.24. The summed E-state index contributed by atoms with van der Waals surface area (Å²) in [4.78, 5) is 25.4. The molecule has 0 radical (unpaired) electrons. The molecule has 1 aromatic carbocycles. The first-order valence-electron chi connectivity index (χ1n) is 9.05. The molecule has 0 bridgehead atoms. The van der Waals surface area contributed by atoms with Gasteiger partial charge in [-0.25, -0.2) is 13.1 Å². The lowest BCUT2D eigenvalue weighted by molar-refractivity contribution is -0.121. The zero-order chi connectivity index (χ0) is 18.7. The van der Waals surface area contributed by atoms with Crippen molar-refractivity contribution >= 4 is 27.5 Å². The van der Waals surface area contributed by atoms with Crippen molar-refractivity contribution in [1.29, 1.82) is 0 Å². The number of hydrogen-bond acceptors (Lipinski definition) is 4. The quantitative estimate of drug-likeness (QED) is 0.807. The number of benzene rings is 1. The van der Waals surface area contributed by atoms with Crippen LogP contribution in [0.25, 0.3) is 0 Å². The van der Waals surface area contributed by atoms with E-state index in [1.165, 1.54) is 12.5 Å². The van der Waals surface area contributed by atoms with Crippen LogP contribution in [0.3, 0.4) is 0 Å². The SMILES string of the molecule is CN1C(=O)CCc2cc(S(=O)(=O)NCC(=O)NC3CCCCC3)ccc21. The number of fused-ring (bicyclic) bond motifs is 1. The normalized spacial score (nSPS) is 18.5. The summed E-state index contributed by atoms with van der Waals surface area (Å²) in [5.74, 6) is -0.283. The maximum Gasteiger partial charge on any atom is 0.241 e. The summed E-state index contributed by atoms with van der Waals surface area (Å²) in [5, 5.41) is 2.89. The number of nitrogens with zero attached hydrogens (tertiary/aromatic N) is 1. The molecule has 1 saturated carbocycles. The van der Waals surface area contributed by atoms with Gasteiger partial charge in [-0.15, -0.1) is 0 Å². The minimum Gasteiger partial charge on any atom is -0.352 e. The maximum atomic E-state index is 12.5. The van der Waals surface area contributed by atoms with Gasteiger partial charge in [-0.2, -0.15) is 0 Å². The number of nitrogens with one attached hydrogen (secondary N) is 2. The van der Waals surface area contributed by atoms with Gasteiger partial charge in [-0.3, -0.25) is 9.59 Å². The second kappa shape index (κ2) is 7.75. The first-order valence-corrected chi connectivity index (χ1v) is 10.5. The molecule has 0 unspecified atom stereocenters. The Morgan fingerprint density at radius 1 is 1.19 bits per heavy atom. The molecule has 142 valence electrons. The summed E-state index contributed by atoms with van der Waals surface area (Å²) in [6.07, 6.45) is 6.18. The van der Waals surface area contributed by atoms with Gasteiger partial charge in [0.05, 0.1) is 11.4 Å². The molecule has 8 heteroatoms. The van der Waals surface area contributed by atoms with Gasteiger partial charge in [0.25, 0.3) is 0 Å². The van der Waals surface area contributed by atoms with Gasteiger partial charge >= 0.3 is 0 Å². The Hall–Kier alpha value is -1.93. The van der Waals surface area contributed by atoms with Crippen LogP contribution in [0.5, 0.6) is 0 Å². The fraction of sp³-hybridized carbons (Fsp3) is 0.556. The second-order valence-electron chi connectivity index (χ2n) is 6.97. The van der Waals surface area contributed by atoms with Crippen LogP contribution in [0.15, 0.2) is 23.1 Å². The molecule has 7 nitrogen and oxygen atoms in total. The van der Waals surface area contributed by atoms with Crippen molar-refractivity contribution in [3.63, 3.8) is 0 Å². The molecular weight excluding hydrogens is 354 g/mol. The van der Waals surface area contributed by atoms with Crippen LogP contribution in [0.2, 0.25) is 0 Å². The van der Waals surface area contributed by atoms with Gasteiger partial charge < -0.3 is 10.2 Å². The van der Waals surface area contributed by atoms with Crippen LogP contribution in [-0.2, 0) is 26.0 Å². The molecule has 3 rings (SSSR count). The summed E-state index contributed by atoms with van der Waals surface area (Å²) in [7, 11) is -2.09. The third-order valence-electron chi connectivity index (χ3n) is 5.10. The smallest absolute Gasteiger partial charge is 0.241 e. The fourth-order valence-corrected chi connectivity index (χ4v) is 4.60. The van der Waals surface area contributed by atoms with E-state index in [2.05, 4.69) is 10.0 Å². The number of sulfonamides is 1. The highest BCUT2D eigenvalue weighted by atomic mass is 32.2. The average molecular weight is 379 g/mol. The standard InChI is InChI=1S/C18H25N3O4S/c1-21-16-9-8-15(11-13(16)7-10-18(21)23)26(24,25)19-12-17(22)20-14-5-3-2-4-6-14/h8-9,11,14,19H,2-7,10,12H2,1H3,(H,20,22). The summed E-state index contributed by atoms with van der Waals surface area (Å²) in [6.45, 7) is -0.270. The zero-order valence-corrected chi connectivity index (χ0v) is 15.8. The largest absolute Gasteiger partial charge is 0.352 e. The third-order valence-corrected chi connectivity index (χ3v) is 6.50. The zero-order valence-electron chi connectivity index (χ0n) is 15.0. The van der Waals surface area contributed by atoms with Crippen LogP contribution < -0.4 is 14.9 Å². The molecule has 0 spiro atoms. The molecule has 1 fully saturated rings. The summed E-state index contributed by atoms with van der Waals surface area (Å²) in [5.41, 5.74) is 1.55. The molecule has 1 aliphatic heterocycles. The minimum atomic E-state index is -3.77. The molecule has 1 heterocycles. The molecule has 0 atom stereocenters. The number of rotatable bonds is 5. The Kier molecular flexibility index (Phi) is 5.62. The van der Waals surface area contributed by atoms with Crippen LogP contribution in [-0.4, -0.2) is 39.9 Å². The lowest BCUT2D eigenvalue weighted by Gasteiger charge is -2.26. The Bertz CT molecular complexity index is 801. The van der Waals surface area contributed by atoms with E-state index in [0.29, 0.717) is 12.8 Å².